The number of benzene rings is 1. The van der Waals surface area contributed by atoms with Gasteiger partial charge in [-0.2, -0.15) is 0 Å². The van der Waals surface area contributed by atoms with Crippen LogP contribution < -0.4 is 14.4 Å². The van der Waals surface area contributed by atoms with Crippen molar-refractivity contribution in [3.63, 3.8) is 0 Å². The number of ether oxygens (including phenoxy) is 2. The summed E-state index contributed by atoms with van der Waals surface area (Å²) in [5.74, 6) is -0.0931. The van der Waals surface area contributed by atoms with Gasteiger partial charge in [0.05, 0.1) is 24.0 Å². The number of amides is 2. The van der Waals surface area contributed by atoms with Crippen LogP contribution in [0.5, 0.6) is 11.5 Å². The summed E-state index contributed by atoms with van der Waals surface area (Å²) in [6.45, 7) is 1.77. The lowest BCUT2D eigenvalue weighted by Gasteiger charge is -2.30. The number of Topliss-reactive ketones (excluding diaryl/α,β-unsaturated/α-hetero) is 1. The van der Waals surface area contributed by atoms with Crippen LogP contribution in [-0.4, -0.2) is 74.0 Å². The quantitative estimate of drug-likeness (QED) is 0.731. The normalized spacial score (nSPS) is 21.9. The highest BCUT2D eigenvalue weighted by molar-refractivity contribution is 6.52. The number of carbonyl (C=O) groups is 3. The minimum atomic E-state index is -0.578. The van der Waals surface area contributed by atoms with Gasteiger partial charge >= 0.3 is 5.91 Å². The maximum absolute atomic E-state index is 12.5. The van der Waals surface area contributed by atoms with Crippen molar-refractivity contribution in [3.05, 3.63) is 17.7 Å². The number of nitrogens with zero attached hydrogens (tertiary/aromatic N) is 3. The molecule has 0 N–H and O–H groups in total. The van der Waals surface area contributed by atoms with E-state index in [-0.39, 0.29) is 18.6 Å². The lowest BCUT2D eigenvalue weighted by atomic mass is 10.1. The molecule has 0 spiro atoms. The summed E-state index contributed by atoms with van der Waals surface area (Å²) >= 11 is 0. The molecule has 0 aromatic heterocycles. The van der Waals surface area contributed by atoms with Crippen LogP contribution in [0.4, 0.5) is 5.69 Å². The van der Waals surface area contributed by atoms with Crippen molar-refractivity contribution in [2.24, 2.45) is 0 Å². The molecule has 1 atom stereocenters. The van der Waals surface area contributed by atoms with Crippen molar-refractivity contribution in [1.82, 2.24) is 9.80 Å². The molecule has 4 rings (SSSR count). The zero-order valence-corrected chi connectivity index (χ0v) is 14.9. The Labute approximate surface area is 151 Å². The molecule has 0 bridgehead atoms. The fourth-order valence-electron chi connectivity index (χ4n) is 3.73. The molecule has 3 aliphatic heterocycles. The molecule has 3 aliphatic rings. The molecular formula is C18H21N3O5. The first-order valence-electron chi connectivity index (χ1n) is 8.72. The van der Waals surface area contributed by atoms with Gasteiger partial charge in [-0.3, -0.25) is 24.2 Å². The summed E-state index contributed by atoms with van der Waals surface area (Å²) in [5.41, 5.74) is 0.848. The molecule has 0 unspecified atom stereocenters. The van der Waals surface area contributed by atoms with Crippen LogP contribution in [0.2, 0.25) is 0 Å². The largest absolute Gasteiger partial charge is 0.486 e. The fraction of sp³-hybridized carbons (Fsp3) is 0.500. The van der Waals surface area contributed by atoms with Gasteiger partial charge in [-0.1, -0.05) is 0 Å². The van der Waals surface area contributed by atoms with Gasteiger partial charge in [0.25, 0.3) is 5.78 Å². The Kier molecular flexibility index (Phi) is 4.07. The van der Waals surface area contributed by atoms with E-state index in [1.807, 2.05) is 4.90 Å². The van der Waals surface area contributed by atoms with Crippen LogP contribution in [0, 0.1) is 0 Å². The van der Waals surface area contributed by atoms with Crippen molar-refractivity contribution in [3.8, 4) is 11.5 Å². The molecule has 8 heteroatoms. The van der Waals surface area contributed by atoms with Crippen molar-refractivity contribution in [2.45, 2.75) is 18.9 Å². The van der Waals surface area contributed by atoms with E-state index in [9.17, 15) is 14.4 Å². The van der Waals surface area contributed by atoms with E-state index >= 15 is 0 Å². The summed E-state index contributed by atoms with van der Waals surface area (Å²) in [4.78, 5) is 42.3. The highest BCUT2D eigenvalue weighted by Gasteiger charge is 2.41. The first-order valence-corrected chi connectivity index (χ1v) is 8.72. The fourth-order valence-corrected chi connectivity index (χ4v) is 3.73. The average Bonchev–Trinajstić information content (AvgIpc) is 3.19. The molecule has 0 radical (unpaired) electrons. The van der Waals surface area contributed by atoms with Crippen LogP contribution in [0.15, 0.2) is 12.1 Å². The molecule has 0 saturated carbocycles. The molecule has 1 aromatic rings. The Balaban J connectivity index is 1.63. The monoisotopic (exact) mass is 359 g/mol. The Bertz CT molecular complexity index is 791. The molecule has 3 heterocycles. The van der Waals surface area contributed by atoms with Gasteiger partial charge in [0.1, 0.15) is 13.2 Å². The van der Waals surface area contributed by atoms with Gasteiger partial charge in [-0.25, -0.2) is 0 Å². The third kappa shape index (κ3) is 2.61. The van der Waals surface area contributed by atoms with E-state index in [0.717, 1.165) is 12.8 Å². The predicted molar refractivity (Wildman–Crippen MR) is 92.5 cm³/mol. The van der Waals surface area contributed by atoms with Crippen LogP contribution in [-0.2, 0) is 9.59 Å². The second kappa shape index (κ2) is 6.28. The zero-order chi connectivity index (χ0) is 18.4. The zero-order valence-electron chi connectivity index (χ0n) is 14.9. The first-order chi connectivity index (χ1) is 12.5. The van der Waals surface area contributed by atoms with Crippen LogP contribution in [0.25, 0.3) is 0 Å². The smallest absolute Gasteiger partial charge is 0.300 e. The SMILES string of the molecule is CN(C)C(=O)[C@@H]1CCCN1CN1C(=O)C(=O)c2cc3c(cc21)OCCO3. The lowest BCUT2D eigenvalue weighted by Crippen LogP contribution is -2.48. The maximum atomic E-state index is 12.5. The van der Waals surface area contributed by atoms with E-state index in [4.69, 9.17) is 9.47 Å². The highest BCUT2D eigenvalue weighted by atomic mass is 16.6. The Morgan fingerprint density at radius 3 is 2.58 bits per heavy atom. The minimum absolute atomic E-state index is 0.0165. The second-order valence-corrected chi connectivity index (χ2v) is 6.92. The molecule has 8 nitrogen and oxygen atoms in total. The number of carbonyl (C=O) groups excluding carboxylic acids is 3. The number of ketones is 1. The standard InChI is InChI=1S/C18H21N3O5/c1-19(2)17(23)12-4-3-5-20(12)10-21-13-9-15-14(25-6-7-26-15)8-11(13)16(22)18(21)24/h8-9,12H,3-7,10H2,1-2H3/t12-/m0/s1. The van der Waals surface area contributed by atoms with Crippen molar-refractivity contribution < 1.29 is 23.9 Å². The summed E-state index contributed by atoms with van der Waals surface area (Å²) < 4.78 is 11.1. The Morgan fingerprint density at radius 2 is 1.88 bits per heavy atom. The van der Waals surface area contributed by atoms with E-state index in [0.29, 0.717) is 42.5 Å². The number of hydrogen-bond acceptors (Lipinski definition) is 6. The van der Waals surface area contributed by atoms with E-state index in [1.54, 1.807) is 31.1 Å². The summed E-state index contributed by atoms with van der Waals surface area (Å²) in [5, 5.41) is 0. The minimum Gasteiger partial charge on any atom is -0.486 e. The van der Waals surface area contributed by atoms with Crippen molar-refractivity contribution >= 4 is 23.3 Å². The first kappa shape index (κ1) is 16.8. The summed E-state index contributed by atoms with van der Waals surface area (Å²) in [6, 6.07) is 3.00. The van der Waals surface area contributed by atoms with Gasteiger partial charge in [-0.15, -0.1) is 0 Å². The van der Waals surface area contributed by atoms with E-state index in [2.05, 4.69) is 0 Å². The van der Waals surface area contributed by atoms with Gasteiger partial charge in [0.2, 0.25) is 5.91 Å². The second-order valence-electron chi connectivity index (χ2n) is 6.92. The van der Waals surface area contributed by atoms with E-state index < -0.39 is 11.7 Å². The summed E-state index contributed by atoms with van der Waals surface area (Å²) in [6.07, 6.45) is 1.63. The average molecular weight is 359 g/mol. The molecule has 1 saturated heterocycles. The molecule has 1 aromatic carbocycles. The van der Waals surface area contributed by atoms with Gasteiger partial charge in [-0.05, 0) is 18.9 Å². The van der Waals surface area contributed by atoms with Gasteiger partial charge < -0.3 is 14.4 Å². The lowest BCUT2D eigenvalue weighted by molar-refractivity contribution is -0.133. The third-order valence-electron chi connectivity index (χ3n) is 5.05. The molecule has 138 valence electrons. The number of likely N-dealkylation sites (tertiary alicyclic amines) is 1. The topological polar surface area (TPSA) is 79.4 Å². The highest BCUT2D eigenvalue weighted by Crippen LogP contribution is 2.40. The Hall–Kier alpha value is -2.61. The number of likely N-dealkylation sites (N-methyl/N-ethyl adjacent to an activating group) is 1. The Morgan fingerprint density at radius 1 is 1.19 bits per heavy atom. The van der Waals surface area contributed by atoms with Crippen LogP contribution in [0.3, 0.4) is 0 Å². The molecule has 2 amide bonds. The number of fused-ring (bicyclic) bond motifs is 2. The van der Waals surface area contributed by atoms with Crippen molar-refractivity contribution in [1.29, 1.82) is 0 Å². The third-order valence-corrected chi connectivity index (χ3v) is 5.05. The summed E-state index contributed by atoms with van der Waals surface area (Å²) in [7, 11) is 3.45. The van der Waals surface area contributed by atoms with Crippen LogP contribution >= 0.6 is 0 Å². The van der Waals surface area contributed by atoms with Crippen molar-refractivity contribution in [2.75, 3.05) is 45.4 Å². The molecular weight excluding hydrogens is 338 g/mol. The molecule has 1 fully saturated rings. The molecule has 26 heavy (non-hydrogen) atoms. The number of hydrogen-bond donors (Lipinski definition) is 0. The molecule has 0 aliphatic carbocycles. The van der Waals surface area contributed by atoms with Crippen LogP contribution in [0.1, 0.15) is 23.2 Å². The predicted octanol–water partition coefficient (Wildman–Crippen LogP) is 0.497. The van der Waals surface area contributed by atoms with Gasteiger partial charge in [0.15, 0.2) is 11.5 Å². The maximum Gasteiger partial charge on any atom is 0.300 e. The number of rotatable bonds is 3. The van der Waals surface area contributed by atoms with Gasteiger partial charge in [0, 0.05) is 26.7 Å². The van der Waals surface area contributed by atoms with E-state index in [1.165, 1.54) is 4.90 Å². The number of anilines is 1.